The van der Waals surface area contributed by atoms with Crippen molar-refractivity contribution >= 4 is 29.9 Å². The molecule has 78 valence electrons. The fraction of sp³-hybridized carbons (Fsp3) is 0.889. The minimum Gasteiger partial charge on any atom is -0.354 e. The Morgan fingerprint density at radius 3 is 2.23 bits per heavy atom. The van der Waals surface area contributed by atoms with Gasteiger partial charge in [-0.1, -0.05) is 6.92 Å². The Morgan fingerprint density at radius 1 is 1.38 bits per heavy atom. The van der Waals surface area contributed by atoms with Crippen LogP contribution in [0.2, 0.25) is 0 Å². The summed E-state index contributed by atoms with van der Waals surface area (Å²) in [5.41, 5.74) is 0. The van der Waals surface area contributed by atoms with E-state index in [2.05, 4.69) is 17.2 Å². The molecule has 1 saturated carbocycles. The number of aliphatic imine (C=N–C) groups is 1. The summed E-state index contributed by atoms with van der Waals surface area (Å²) >= 11 is 0. The van der Waals surface area contributed by atoms with Gasteiger partial charge in [-0.05, 0) is 18.8 Å². The second kappa shape index (κ2) is 5.67. The first kappa shape index (κ1) is 13.0. The van der Waals surface area contributed by atoms with Gasteiger partial charge < -0.3 is 10.2 Å². The van der Waals surface area contributed by atoms with Crippen LogP contribution in [-0.4, -0.2) is 38.0 Å². The van der Waals surface area contributed by atoms with Gasteiger partial charge in [0.15, 0.2) is 5.96 Å². The molecule has 0 aromatic heterocycles. The summed E-state index contributed by atoms with van der Waals surface area (Å²) < 4.78 is 0. The van der Waals surface area contributed by atoms with Crippen LogP contribution in [0.3, 0.4) is 0 Å². The van der Waals surface area contributed by atoms with Gasteiger partial charge in [-0.2, -0.15) is 0 Å². The zero-order valence-corrected chi connectivity index (χ0v) is 11.2. The van der Waals surface area contributed by atoms with E-state index in [-0.39, 0.29) is 24.0 Å². The minimum atomic E-state index is 0. The van der Waals surface area contributed by atoms with Crippen molar-refractivity contribution < 1.29 is 0 Å². The van der Waals surface area contributed by atoms with Crippen molar-refractivity contribution in [3.8, 4) is 0 Å². The predicted octanol–water partition coefficient (Wildman–Crippen LogP) is 1.54. The number of guanidine groups is 1. The highest BCUT2D eigenvalue weighted by Gasteiger charge is 2.25. The average molecular weight is 297 g/mol. The van der Waals surface area contributed by atoms with Gasteiger partial charge >= 0.3 is 0 Å². The van der Waals surface area contributed by atoms with Crippen molar-refractivity contribution in [3.05, 3.63) is 0 Å². The molecule has 1 N–H and O–H groups in total. The van der Waals surface area contributed by atoms with Gasteiger partial charge in [-0.15, -0.1) is 24.0 Å². The lowest BCUT2D eigenvalue weighted by molar-refractivity contribution is 0.262. The molecule has 4 heteroatoms. The van der Waals surface area contributed by atoms with E-state index in [0.29, 0.717) is 6.04 Å². The van der Waals surface area contributed by atoms with Gasteiger partial charge in [-0.3, -0.25) is 4.99 Å². The molecule has 0 saturated heterocycles. The summed E-state index contributed by atoms with van der Waals surface area (Å²) in [5.74, 6) is 1.88. The molecule has 0 aromatic carbocycles. The average Bonchev–Trinajstić information content (AvgIpc) is 1.95. The Bertz CT molecular complexity index is 174. The van der Waals surface area contributed by atoms with Gasteiger partial charge in [0, 0.05) is 27.2 Å². The summed E-state index contributed by atoms with van der Waals surface area (Å²) in [6.07, 6.45) is 2.57. The Balaban J connectivity index is 0.00000144. The smallest absolute Gasteiger partial charge is 0.193 e. The van der Waals surface area contributed by atoms with E-state index in [1.54, 1.807) is 0 Å². The first-order valence-corrected chi connectivity index (χ1v) is 4.54. The maximum Gasteiger partial charge on any atom is 0.193 e. The summed E-state index contributed by atoms with van der Waals surface area (Å²) in [6.45, 7) is 2.29. The Morgan fingerprint density at radius 2 is 1.92 bits per heavy atom. The molecule has 0 aromatic rings. The van der Waals surface area contributed by atoms with E-state index >= 15 is 0 Å². The summed E-state index contributed by atoms with van der Waals surface area (Å²) in [5, 5.41) is 3.41. The van der Waals surface area contributed by atoms with Gasteiger partial charge in [-0.25, -0.2) is 0 Å². The molecule has 0 amide bonds. The van der Waals surface area contributed by atoms with E-state index in [1.807, 2.05) is 26.0 Å². The van der Waals surface area contributed by atoms with Crippen molar-refractivity contribution in [1.82, 2.24) is 10.2 Å². The van der Waals surface area contributed by atoms with Crippen molar-refractivity contribution in [2.75, 3.05) is 21.1 Å². The number of hydrogen-bond acceptors (Lipinski definition) is 1. The second-order valence-electron chi connectivity index (χ2n) is 3.86. The molecule has 13 heavy (non-hydrogen) atoms. The van der Waals surface area contributed by atoms with Crippen molar-refractivity contribution in [2.45, 2.75) is 25.8 Å². The highest BCUT2D eigenvalue weighted by Crippen LogP contribution is 2.26. The van der Waals surface area contributed by atoms with Crippen LogP contribution in [0.4, 0.5) is 0 Å². The molecular weight excluding hydrogens is 277 g/mol. The standard InChI is InChI=1S/C9H19N3.HI/c1-7-5-8(6-7)11-9(10-2)12(3)4;/h7-8H,5-6H2,1-4H3,(H,10,11);1H. The molecule has 0 unspecified atom stereocenters. The molecule has 0 atom stereocenters. The Hall–Kier alpha value is 0. The van der Waals surface area contributed by atoms with Crippen LogP contribution < -0.4 is 5.32 Å². The van der Waals surface area contributed by atoms with Crippen LogP contribution >= 0.6 is 24.0 Å². The maximum atomic E-state index is 4.17. The molecule has 1 rings (SSSR count). The summed E-state index contributed by atoms with van der Waals surface area (Å²) in [6, 6.07) is 0.654. The number of nitrogens with one attached hydrogen (secondary N) is 1. The minimum absolute atomic E-state index is 0. The van der Waals surface area contributed by atoms with Crippen molar-refractivity contribution in [3.63, 3.8) is 0 Å². The highest BCUT2D eigenvalue weighted by atomic mass is 127. The molecule has 0 radical (unpaired) electrons. The van der Waals surface area contributed by atoms with Gasteiger partial charge in [0.1, 0.15) is 0 Å². The van der Waals surface area contributed by atoms with Crippen LogP contribution in [0.5, 0.6) is 0 Å². The van der Waals surface area contributed by atoms with E-state index < -0.39 is 0 Å². The molecule has 1 fully saturated rings. The third kappa shape index (κ3) is 3.70. The number of halogens is 1. The lowest BCUT2D eigenvalue weighted by Gasteiger charge is -2.35. The first-order valence-electron chi connectivity index (χ1n) is 4.54. The first-order chi connectivity index (χ1) is 5.63. The number of rotatable bonds is 1. The van der Waals surface area contributed by atoms with Gasteiger partial charge in [0.25, 0.3) is 0 Å². The number of nitrogens with zero attached hydrogens (tertiary/aromatic N) is 2. The molecule has 0 spiro atoms. The summed E-state index contributed by atoms with van der Waals surface area (Å²) in [4.78, 5) is 6.18. The number of hydrogen-bond donors (Lipinski definition) is 1. The molecular formula is C9H20IN3. The fourth-order valence-electron chi connectivity index (χ4n) is 1.60. The van der Waals surface area contributed by atoms with Crippen LogP contribution in [-0.2, 0) is 0 Å². The highest BCUT2D eigenvalue weighted by molar-refractivity contribution is 14.0. The fourth-order valence-corrected chi connectivity index (χ4v) is 1.60. The van der Waals surface area contributed by atoms with E-state index in [1.165, 1.54) is 12.8 Å². The van der Waals surface area contributed by atoms with Crippen LogP contribution in [0, 0.1) is 5.92 Å². The monoisotopic (exact) mass is 297 g/mol. The zero-order valence-electron chi connectivity index (χ0n) is 8.87. The van der Waals surface area contributed by atoms with Crippen LogP contribution in [0.15, 0.2) is 4.99 Å². The van der Waals surface area contributed by atoms with Crippen molar-refractivity contribution in [1.29, 1.82) is 0 Å². The molecule has 1 aliphatic rings. The molecule has 0 aliphatic heterocycles. The normalized spacial score (nSPS) is 27.2. The van der Waals surface area contributed by atoms with Gasteiger partial charge in [0.05, 0.1) is 0 Å². The van der Waals surface area contributed by atoms with Crippen molar-refractivity contribution in [2.24, 2.45) is 10.9 Å². The second-order valence-corrected chi connectivity index (χ2v) is 3.86. The third-order valence-corrected chi connectivity index (χ3v) is 2.34. The lowest BCUT2D eigenvalue weighted by Crippen LogP contribution is -2.48. The van der Waals surface area contributed by atoms with Crippen LogP contribution in [0.25, 0.3) is 0 Å². The maximum absolute atomic E-state index is 4.17. The SMILES string of the molecule is CN=C(NC1CC(C)C1)N(C)C.I. The molecule has 0 heterocycles. The Kier molecular flexibility index (Phi) is 5.67. The summed E-state index contributed by atoms with van der Waals surface area (Å²) in [7, 11) is 5.85. The molecule has 3 nitrogen and oxygen atoms in total. The van der Waals surface area contributed by atoms with E-state index in [4.69, 9.17) is 0 Å². The predicted molar refractivity (Wildman–Crippen MR) is 67.8 cm³/mol. The molecule has 0 bridgehead atoms. The quantitative estimate of drug-likeness (QED) is 0.452. The largest absolute Gasteiger partial charge is 0.354 e. The van der Waals surface area contributed by atoms with E-state index in [9.17, 15) is 0 Å². The Labute approximate surface area is 98.0 Å². The van der Waals surface area contributed by atoms with E-state index in [0.717, 1.165) is 11.9 Å². The third-order valence-electron chi connectivity index (χ3n) is 2.34. The van der Waals surface area contributed by atoms with Crippen LogP contribution in [0.1, 0.15) is 19.8 Å². The van der Waals surface area contributed by atoms with Gasteiger partial charge in [0.2, 0.25) is 0 Å². The topological polar surface area (TPSA) is 27.6 Å². The lowest BCUT2D eigenvalue weighted by atomic mass is 9.82. The molecule has 1 aliphatic carbocycles. The zero-order chi connectivity index (χ0) is 9.14.